The van der Waals surface area contributed by atoms with Crippen LogP contribution in [0.15, 0.2) is 371 Å². The second-order valence-electron chi connectivity index (χ2n) is 27.2. The summed E-state index contributed by atoms with van der Waals surface area (Å²) in [6.45, 7) is 4.78. The van der Waals surface area contributed by atoms with Gasteiger partial charge in [-0.3, -0.25) is 0 Å². The predicted octanol–water partition coefficient (Wildman–Crippen LogP) is 25.1. The fourth-order valence-electron chi connectivity index (χ4n) is 17.3. The SMILES string of the molecule is C=C(/C=C\C1=CC2(c3cc(-c4ccc(-n5c6ccccc6c6ccccc65)cc4)ccc31)c1cc(-c3ccc(-n4c5ccccc5c5ccccc54)cc3)ccc1-c1ccc(-c3ccc(-n4c5ccccc5c5ccccc54)cc3)cc12)c1ccc(-n2c3ccccc3c3ccccc32)cc1. The minimum Gasteiger partial charge on any atom is -0.309 e. The second kappa shape index (κ2) is 22.1. The highest BCUT2D eigenvalue weighted by Gasteiger charge is 2.48. The third-order valence-corrected chi connectivity index (χ3v) is 22.0. The summed E-state index contributed by atoms with van der Waals surface area (Å²) < 4.78 is 9.58. The molecule has 470 valence electrons. The van der Waals surface area contributed by atoms with Gasteiger partial charge in [0.05, 0.1) is 49.5 Å². The monoisotopic (exact) mass is 1280 g/mol. The third kappa shape index (κ3) is 8.56. The Bertz CT molecular complexity index is 6320. The van der Waals surface area contributed by atoms with Crippen molar-refractivity contribution >= 4 is 98.4 Å². The molecule has 4 heteroatoms. The number of benzene rings is 15. The van der Waals surface area contributed by atoms with E-state index in [0.717, 1.165) is 61.7 Å². The van der Waals surface area contributed by atoms with Gasteiger partial charge in [0.1, 0.15) is 0 Å². The summed E-state index contributed by atoms with van der Waals surface area (Å²) in [5.41, 5.74) is 30.9. The van der Waals surface area contributed by atoms with Crippen molar-refractivity contribution in [2.24, 2.45) is 0 Å². The number of allylic oxidation sites excluding steroid dienone is 5. The lowest BCUT2D eigenvalue weighted by Gasteiger charge is -2.28. The predicted molar refractivity (Wildman–Crippen MR) is 424 cm³/mol. The fraction of sp³-hybridized carbons (Fsp3) is 0.0103. The van der Waals surface area contributed by atoms with E-state index in [1.165, 1.54) is 132 Å². The smallest absolute Gasteiger partial charge is 0.0659 e. The van der Waals surface area contributed by atoms with E-state index in [1.54, 1.807) is 0 Å². The van der Waals surface area contributed by atoms with Gasteiger partial charge in [-0.05, 0) is 199 Å². The lowest BCUT2D eigenvalue weighted by atomic mass is 9.73. The molecule has 101 heavy (non-hydrogen) atoms. The van der Waals surface area contributed by atoms with Crippen LogP contribution in [0.1, 0.15) is 27.8 Å². The van der Waals surface area contributed by atoms with Crippen LogP contribution in [0, 0.1) is 0 Å². The maximum Gasteiger partial charge on any atom is 0.0659 e. The standard InChI is InChI=1S/C97H62N4/c1-62(63-36-47-71(48-37-63)98-89-26-10-2-18-78(89)79-19-3-11-27-90(79)98)34-35-70-61-97(86-58-67(44-55-75(70)86)64-38-49-72(50-39-64)99-91-28-12-4-20-80(91)81-21-5-13-29-92(81)99)87-59-68(65-40-51-73(52-41-65)100-93-30-14-6-22-82(93)83-23-7-15-31-94(83)100)45-56-76(87)77-57-46-69(60-88(77)97)66-42-53-74(54-43-66)101-95-32-16-8-24-84(95)85-25-9-17-33-96(85)101/h2-61H,1H2/b35-34-. The van der Waals surface area contributed by atoms with Crippen LogP contribution in [0.2, 0.25) is 0 Å². The number of rotatable bonds is 10. The van der Waals surface area contributed by atoms with E-state index < -0.39 is 5.41 Å². The largest absolute Gasteiger partial charge is 0.309 e. The average molecular weight is 1280 g/mol. The summed E-state index contributed by atoms with van der Waals surface area (Å²) in [6, 6.07) is 128. The Kier molecular flexibility index (Phi) is 12.5. The number of hydrogen-bond donors (Lipinski definition) is 0. The molecule has 0 unspecified atom stereocenters. The van der Waals surface area contributed by atoms with E-state index in [0.29, 0.717) is 0 Å². The molecule has 2 aliphatic rings. The van der Waals surface area contributed by atoms with E-state index >= 15 is 0 Å². The van der Waals surface area contributed by atoms with Crippen LogP contribution in [-0.4, -0.2) is 18.3 Å². The van der Waals surface area contributed by atoms with Crippen molar-refractivity contribution in [2.45, 2.75) is 5.41 Å². The Morgan fingerprint density at radius 2 is 0.485 bits per heavy atom. The summed E-state index contributed by atoms with van der Waals surface area (Å²) in [7, 11) is 0. The molecular weight excluding hydrogens is 1220 g/mol. The van der Waals surface area contributed by atoms with Gasteiger partial charge in [-0.25, -0.2) is 0 Å². The van der Waals surface area contributed by atoms with Gasteiger partial charge in [0.15, 0.2) is 0 Å². The molecule has 0 aliphatic heterocycles. The topological polar surface area (TPSA) is 19.7 Å². The van der Waals surface area contributed by atoms with Crippen molar-refractivity contribution in [1.29, 1.82) is 0 Å². The first-order chi connectivity index (χ1) is 50.0. The Labute approximate surface area is 584 Å². The lowest BCUT2D eigenvalue weighted by molar-refractivity contribution is 0.822. The highest BCUT2D eigenvalue weighted by atomic mass is 15.0. The zero-order valence-electron chi connectivity index (χ0n) is 55.1. The second-order valence-corrected chi connectivity index (χ2v) is 27.2. The number of aromatic nitrogens is 4. The summed E-state index contributed by atoms with van der Waals surface area (Å²) >= 11 is 0. The van der Waals surface area contributed by atoms with Crippen molar-refractivity contribution in [3.63, 3.8) is 0 Å². The van der Waals surface area contributed by atoms with Crippen molar-refractivity contribution in [3.8, 4) is 67.3 Å². The van der Waals surface area contributed by atoms with Crippen LogP contribution < -0.4 is 0 Å². The minimum atomic E-state index is -0.707. The molecule has 1 spiro atoms. The van der Waals surface area contributed by atoms with Gasteiger partial charge in [-0.1, -0.05) is 255 Å². The van der Waals surface area contributed by atoms with Crippen LogP contribution >= 0.6 is 0 Å². The van der Waals surface area contributed by atoms with E-state index in [2.05, 4.69) is 382 Å². The molecule has 4 aromatic heterocycles. The quantitative estimate of drug-likeness (QED) is 0.122. The molecule has 0 amide bonds. The van der Waals surface area contributed by atoms with Gasteiger partial charge in [-0.2, -0.15) is 0 Å². The van der Waals surface area contributed by atoms with Crippen LogP contribution in [-0.2, 0) is 5.41 Å². The number of para-hydroxylation sites is 8. The van der Waals surface area contributed by atoms with Gasteiger partial charge >= 0.3 is 0 Å². The third-order valence-electron chi connectivity index (χ3n) is 22.0. The molecule has 0 bridgehead atoms. The average Bonchev–Trinajstić information content (AvgIpc) is 1.52. The lowest BCUT2D eigenvalue weighted by Crippen LogP contribution is -2.22. The van der Waals surface area contributed by atoms with Crippen LogP contribution in [0.5, 0.6) is 0 Å². The fourth-order valence-corrected chi connectivity index (χ4v) is 17.3. The van der Waals surface area contributed by atoms with Crippen LogP contribution in [0.4, 0.5) is 0 Å². The molecule has 0 atom stereocenters. The first-order valence-corrected chi connectivity index (χ1v) is 34.9. The maximum absolute atomic E-state index is 4.78. The summed E-state index contributed by atoms with van der Waals surface area (Å²) in [6.07, 6.45) is 7.13. The molecule has 4 nitrogen and oxygen atoms in total. The Balaban J connectivity index is 0.727. The zero-order chi connectivity index (χ0) is 66.4. The first-order valence-electron chi connectivity index (χ1n) is 34.9. The van der Waals surface area contributed by atoms with Gasteiger partial charge in [-0.15, -0.1) is 0 Å². The molecule has 2 aliphatic carbocycles. The maximum atomic E-state index is 4.78. The van der Waals surface area contributed by atoms with E-state index in [4.69, 9.17) is 6.58 Å². The normalized spacial score (nSPS) is 13.1. The molecule has 4 heterocycles. The van der Waals surface area contributed by atoms with Gasteiger partial charge < -0.3 is 18.3 Å². The van der Waals surface area contributed by atoms with Crippen molar-refractivity contribution < 1.29 is 0 Å². The molecule has 19 aromatic rings. The van der Waals surface area contributed by atoms with Crippen molar-refractivity contribution in [3.05, 3.63) is 398 Å². The number of hydrogen-bond acceptors (Lipinski definition) is 0. The summed E-state index contributed by atoms with van der Waals surface area (Å²) in [4.78, 5) is 0. The van der Waals surface area contributed by atoms with Crippen LogP contribution in [0.3, 0.4) is 0 Å². The number of nitrogens with zero attached hydrogens (tertiary/aromatic N) is 4. The molecule has 0 saturated carbocycles. The first kappa shape index (κ1) is 56.9. The van der Waals surface area contributed by atoms with Gasteiger partial charge in [0, 0.05) is 65.8 Å². The van der Waals surface area contributed by atoms with Crippen molar-refractivity contribution in [2.75, 3.05) is 0 Å². The van der Waals surface area contributed by atoms with E-state index in [-0.39, 0.29) is 0 Å². The molecular formula is C97H62N4. The number of fused-ring (bicyclic) bond motifs is 19. The van der Waals surface area contributed by atoms with E-state index in [1.807, 2.05) is 0 Å². The summed E-state index contributed by atoms with van der Waals surface area (Å²) in [5, 5.41) is 10.0. The highest BCUT2D eigenvalue weighted by molar-refractivity contribution is 6.13. The minimum absolute atomic E-state index is 0.707. The zero-order valence-corrected chi connectivity index (χ0v) is 55.1. The van der Waals surface area contributed by atoms with E-state index in [9.17, 15) is 0 Å². The van der Waals surface area contributed by atoms with Gasteiger partial charge in [0.2, 0.25) is 0 Å². The Hall–Kier alpha value is -13.3. The molecule has 0 radical (unpaired) electrons. The molecule has 15 aromatic carbocycles. The Morgan fingerprint density at radius 3 is 0.772 bits per heavy atom. The van der Waals surface area contributed by atoms with Gasteiger partial charge in [0.25, 0.3) is 0 Å². The van der Waals surface area contributed by atoms with Crippen molar-refractivity contribution in [1.82, 2.24) is 18.3 Å². The molecule has 0 saturated heterocycles. The Morgan fingerprint density at radius 1 is 0.248 bits per heavy atom. The molecule has 21 rings (SSSR count). The molecule has 0 fully saturated rings. The van der Waals surface area contributed by atoms with Crippen LogP contribution in [0.25, 0.3) is 166 Å². The summed E-state index contributed by atoms with van der Waals surface area (Å²) in [5.74, 6) is 0. The highest BCUT2D eigenvalue weighted by Crippen LogP contribution is 2.60. The molecule has 0 N–H and O–H groups in total.